The highest BCUT2D eigenvalue weighted by Crippen LogP contribution is 2.23. The Morgan fingerprint density at radius 3 is 1.53 bits per heavy atom. The highest BCUT2D eigenvalue weighted by atomic mass is 16.4. The van der Waals surface area contributed by atoms with Gasteiger partial charge < -0.3 is 20.4 Å². The first-order chi connectivity index (χ1) is 7.73. The number of carbonyl (C=O) groups is 4. The molecule has 0 saturated heterocycles. The maximum atomic E-state index is 10.8. The van der Waals surface area contributed by atoms with Crippen molar-refractivity contribution in [3.63, 3.8) is 0 Å². The molecule has 0 aliphatic heterocycles. The van der Waals surface area contributed by atoms with Crippen LogP contribution in [0.2, 0.25) is 5.82 Å². The quantitative estimate of drug-likeness (QED) is 0.302. The van der Waals surface area contributed by atoms with Crippen LogP contribution < -0.4 is 0 Å². The van der Waals surface area contributed by atoms with Gasteiger partial charge in [-0.3, -0.25) is 19.2 Å². The van der Waals surface area contributed by atoms with Crippen molar-refractivity contribution < 1.29 is 39.6 Å². The Morgan fingerprint density at radius 2 is 1.35 bits per heavy atom. The average molecular weight is 239 g/mol. The molecule has 3 radical (unpaired) electrons. The van der Waals surface area contributed by atoms with Gasteiger partial charge in [-0.15, -0.1) is 0 Å². The van der Waals surface area contributed by atoms with Crippen LogP contribution in [0, 0.1) is 5.92 Å². The number of carboxylic acids is 3. The number of aliphatic carboxylic acids is 3. The third kappa shape index (κ3) is 3.54. The molecule has 8 nitrogen and oxygen atoms in total. The Morgan fingerprint density at radius 1 is 0.941 bits per heavy atom. The van der Waals surface area contributed by atoms with Crippen LogP contribution in [0.1, 0.15) is 0 Å². The van der Waals surface area contributed by atoms with Crippen molar-refractivity contribution in [3.05, 3.63) is 0 Å². The Kier molecular flexibility index (Phi) is 5.29. The lowest BCUT2D eigenvalue weighted by atomic mass is 9.09. The van der Waals surface area contributed by atoms with E-state index in [0.717, 1.165) is 0 Å². The van der Waals surface area contributed by atoms with E-state index in [4.69, 9.17) is 28.2 Å². The summed E-state index contributed by atoms with van der Waals surface area (Å²) >= 11 is 0. The molecule has 0 fully saturated rings. The molecular formula is C6H6B3O8. The van der Waals surface area contributed by atoms with Gasteiger partial charge in [0.25, 0.3) is 0 Å². The molecule has 0 spiro atoms. The summed E-state index contributed by atoms with van der Waals surface area (Å²) in [5.74, 6) is -12.1. The first-order valence-electron chi connectivity index (χ1n) is 4.20. The van der Waals surface area contributed by atoms with Crippen molar-refractivity contribution in [2.24, 2.45) is 5.92 Å². The van der Waals surface area contributed by atoms with Gasteiger partial charge >= 0.3 is 17.9 Å². The fourth-order valence-corrected chi connectivity index (χ4v) is 1.27. The molecule has 0 rings (SSSR count). The Balaban J connectivity index is 5.47. The molecule has 0 bridgehead atoms. The lowest BCUT2D eigenvalue weighted by Crippen LogP contribution is -2.48. The second-order valence-corrected chi connectivity index (χ2v) is 3.07. The molecule has 0 amide bonds. The maximum absolute atomic E-state index is 10.8. The molecule has 0 aromatic carbocycles. The zero-order valence-electron chi connectivity index (χ0n) is 8.31. The normalized spacial score (nSPS) is 11.6. The minimum Gasteiger partial charge on any atom is -0.490 e. The Hall–Kier alpha value is -1.93. The van der Waals surface area contributed by atoms with Crippen molar-refractivity contribution in [1.29, 1.82) is 0 Å². The summed E-state index contributed by atoms with van der Waals surface area (Å²) in [5.41, 5.74) is 0. The van der Waals surface area contributed by atoms with Crippen molar-refractivity contribution >= 4 is 45.2 Å². The largest absolute Gasteiger partial charge is 0.490 e. The summed E-state index contributed by atoms with van der Waals surface area (Å²) in [7, 11) is 5.34. The standard InChI is InChI=1S/C6H6B3O8/c7-8-9(6(16)17)2(5(14)15)1(3(10)11)4(12)13/h1-2H,(H,10,11)(H,12,13)(H,14,15)(H,16,17). The number of hydrogen-bond donors (Lipinski definition) is 4. The van der Waals surface area contributed by atoms with E-state index in [0.29, 0.717) is 7.06 Å². The molecule has 0 saturated carbocycles. The topological polar surface area (TPSA) is 149 Å². The summed E-state index contributed by atoms with van der Waals surface area (Å²) < 4.78 is 0. The molecule has 0 aromatic heterocycles. The number of carboxylic acid groups (broad SMARTS) is 4. The van der Waals surface area contributed by atoms with Gasteiger partial charge in [-0.25, -0.2) is 0 Å². The number of rotatable bonds is 7. The van der Waals surface area contributed by atoms with Crippen LogP contribution in [0.5, 0.6) is 0 Å². The van der Waals surface area contributed by atoms with Gasteiger partial charge in [-0.1, -0.05) is 0 Å². The molecular weight excluding hydrogens is 232 g/mol. The summed E-state index contributed by atoms with van der Waals surface area (Å²) in [6.45, 7) is -1.91. The fourth-order valence-electron chi connectivity index (χ4n) is 1.27. The van der Waals surface area contributed by atoms with Crippen molar-refractivity contribution in [3.8, 4) is 0 Å². The second kappa shape index (κ2) is 5.97. The molecule has 17 heavy (non-hydrogen) atoms. The lowest BCUT2D eigenvalue weighted by molar-refractivity contribution is -0.159. The molecule has 4 N–H and O–H groups in total. The monoisotopic (exact) mass is 239 g/mol. The summed E-state index contributed by atoms with van der Waals surface area (Å²) in [5, 5.41) is 34.6. The van der Waals surface area contributed by atoms with Gasteiger partial charge in [0.2, 0.25) is 12.5 Å². The van der Waals surface area contributed by atoms with Crippen LogP contribution in [-0.4, -0.2) is 65.6 Å². The van der Waals surface area contributed by atoms with Gasteiger partial charge in [0.1, 0.15) is 0 Å². The summed E-state index contributed by atoms with van der Waals surface area (Å²) in [6.07, 6.45) is 0. The van der Waals surface area contributed by atoms with Crippen LogP contribution in [0.4, 0.5) is 4.79 Å². The molecule has 1 unspecified atom stereocenters. The lowest BCUT2D eigenvalue weighted by Gasteiger charge is -2.20. The van der Waals surface area contributed by atoms with E-state index in [1.807, 2.05) is 0 Å². The van der Waals surface area contributed by atoms with Crippen LogP contribution in [-0.2, 0) is 14.4 Å². The van der Waals surface area contributed by atoms with Crippen molar-refractivity contribution in [1.82, 2.24) is 0 Å². The molecule has 87 valence electrons. The Bertz CT molecular complexity index is 341. The number of hydrogen-bond acceptors (Lipinski definition) is 4. The smallest absolute Gasteiger partial charge is 0.318 e. The van der Waals surface area contributed by atoms with Crippen LogP contribution in [0.25, 0.3) is 0 Å². The second-order valence-electron chi connectivity index (χ2n) is 3.07. The van der Waals surface area contributed by atoms with Crippen LogP contribution in [0.3, 0.4) is 0 Å². The summed E-state index contributed by atoms with van der Waals surface area (Å²) in [4.78, 5) is 42.7. The van der Waals surface area contributed by atoms with Gasteiger partial charge in [0, 0.05) is 14.8 Å². The van der Waals surface area contributed by atoms with Crippen molar-refractivity contribution in [2.75, 3.05) is 0 Å². The van der Waals surface area contributed by atoms with Gasteiger partial charge in [-0.2, -0.15) is 0 Å². The van der Waals surface area contributed by atoms with Crippen molar-refractivity contribution in [2.45, 2.75) is 5.82 Å². The Labute approximate surface area is 97.3 Å². The molecule has 0 aliphatic rings. The van der Waals surface area contributed by atoms with E-state index in [1.54, 1.807) is 0 Å². The molecule has 0 heterocycles. The third-order valence-corrected chi connectivity index (χ3v) is 2.06. The van der Waals surface area contributed by atoms with E-state index < -0.39 is 42.1 Å². The zero-order valence-corrected chi connectivity index (χ0v) is 8.31. The van der Waals surface area contributed by atoms with Gasteiger partial charge in [0.05, 0.1) is 5.82 Å². The molecule has 0 aliphatic carbocycles. The molecule has 0 aromatic rings. The SMILES string of the molecule is [B][B]B(C(=O)O)C(C(=O)O)C(C(=O)O)C(=O)O. The van der Waals surface area contributed by atoms with Gasteiger partial charge in [0.15, 0.2) is 5.92 Å². The van der Waals surface area contributed by atoms with Gasteiger partial charge in [-0.05, 0) is 0 Å². The fraction of sp³-hybridized carbons (Fsp3) is 0.333. The first-order valence-corrected chi connectivity index (χ1v) is 4.20. The van der Waals surface area contributed by atoms with E-state index >= 15 is 0 Å². The predicted molar refractivity (Wildman–Crippen MR) is 55.4 cm³/mol. The maximum Gasteiger partial charge on any atom is 0.318 e. The van der Waals surface area contributed by atoms with E-state index in [9.17, 15) is 19.2 Å². The highest BCUT2D eigenvalue weighted by molar-refractivity contribution is 7.41. The minimum atomic E-state index is -2.40. The first kappa shape index (κ1) is 15.1. The van der Waals surface area contributed by atoms with E-state index in [1.165, 1.54) is 0 Å². The molecule has 11 heteroatoms. The highest BCUT2D eigenvalue weighted by Gasteiger charge is 2.48. The molecule has 1 atom stereocenters. The predicted octanol–water partition coefficient (Wildman–Crippen LogP) is -1.73. The minimum absolute atomic E-state index is 0.444. The van der Waals surface area contributed by atoms with E-state index in [2.05, 4.69) is 0 Å². The van der Waals surface area contributed by atoms with Crippen LogP contribution in [0.15, 0.2) is 0 Å². The summed E-state index contributed by atoms with van der Waals surface area (Å²) in [6, 6.07) is 0. The van der Waals surface area contributed by atoms with E-state index in [-0.39, 0.29) is 0 Å². The van der Waals surface area contributed by atoms with Crippen LogP contribution >= 0.6 is 0 Å². The zero-order chi connectivity index (χ0) is 13.7. The third-order valence-electron chi connectivity index (χ3n) is 2.06. The average Bonchev–Trinajstić information content (AvgIpc) is 2.15.